The molecule has 1 heterocycles. The van der Waals surface area contributed by atoms with Crippen LogP contribution in [0.2, 0.25) is 0 Å². The van der Waals surface area contributed by atoms with Crippen LogP contribution in [0.4, 0.5) is 13.2 Å². The quantitative estimate of drug-likeness (QED) is 0.281. The summed E-state index contributed by atoms with van der Waals surface area (Å²) in [5, 5.41) is 11.0. The molecule has 0 amide bonds. The van der Waals surface area contributed by atoms with Crippen LogP contribution < -0.4 is 15.4 Å². The van der Waals surface area contributed by atoms with Crippen molar-refractivity contribution in [2.45, 2.75) is 39.7 Å². The molecule has 0 saturated heterocycles. The lowest BCUT2D eigenvalue weighted by molar-refractivity contribution is -0.153. The van der Waals surface area contributed by atoms with Crippen LogP contribution in [0, 0.1) is 13.8 Å². The smallest absolute Gasteiger partial charge is 0.422 e. The Morgan fingerprint density at radius 2 is 1.77 bits per heavy atom. The monoisotopic (exact) mass is 555 g/mol. The van der Waals surface area contributed by atoms with Crippen molar-refractivity contribution in [2.24, 2.45) is 4.99 Å². The SMILES string of the molecule is CN=C(NCc1ccc(OCC(F)(F)F)cc1)NCc1c(C)nn(CCOC)c1C.I. The van der Waals surface area contributed by atoms with E-state index in [9.17, 15) is 13.2 Å². The first-order valence-corrected chi connectivity index (χ1v) is 9.48. The number of ether oxygens (including phenoxy) is 2. The maximum Gasteiger partial charge on any atom is 0.422 e. The Balaban J connectivity index is 0.00000480. The molecule has 0 unspecified atom stereocenters. The maximum absolute atomic E-state index is 12.2. The molecule has 1 aromatic carbocycles. The number of benzene rings is 1. The van der Waals surface area contributed by atoms with E-state index in [1.54, 1.807) is 26.3 Å². The van der Waals surface area contributed by atoms with E-state index in [-0.39, 0.29) is 29.7 Å². The van der Waals surface area contributed by atoms with Crippen LogP contribution >= 0.6 is 24.0 Å². The number of guanidine groups is 1. The minimum Gasteiger partial charge on any atom is -0.484 e. The standard InChI is InChI=1S/C20H28F3N5O2.HI/c1-14-18(15(2)28(27-14)9-10-29-4)12-26-19(24-3)25-11-16-5-7-17(8-6-16)30-13-20(21,22)23;/h5-8H,9-13H2,1-4H3,(H2,24,25,26);1H. The van der Waals surface area contributed by atoms with Crippen LogP contribution in [0.25, 0.3) is 0 Å². The molecule has 1 aromatic heterocycles. The van der Waals surface area contributed by atoms with Gasteiger partial charge in [0.2, 0.25) is 0 Å². The van der Waals surface area contributed by atoms with E-state index in [0.717, 1.165) is 22.5 Å². The van der Waals surface area contributed by atoms with Crippen molar-refractivity contribution in [1.82, 2.24) is 20.4 Å². The third-order valence-corrected chi connectivity index (χ3v) is 4.48. The molecular formula is C20H29F3IN5O2. The fourth-order valence-corrected chi connectivity index (χ4v) is 2.83. The van der Waals surface area contributed by atoms with E-state index >= 15 is 0 Å². The average Bonchev–Trinajstić information content (AvgIpc) is 2.98. The van der Waals surface area contributed by atoms with E-state index in [0.29, 0.717) is 32.2 Å². The Kier molecular flexibility index (Phi) is 11.1. The van der Waals surface area contributed by atoms with Crippen LogP contribution in [0.15, 0.2) is 29.3 Å². The number of aliphatic imine (C=N–C) groups is 1. The van der Waals surface area contributed by atoms with Crippen molar-refractivity contribution in [1.29, 1.82) is 0 Å². The highest BCUT2D eigenvalue weighted by Crippen LogP contribution is 2.19. The van der Waals surface area contributed by atoms with Gasteiger partial charge in [-0.25, -0.2) is 0 Å². The molecule has 0 atom stereocenters. The van der Waals surface area contributed by atoms with Crippen LogP contribution in [-0.2, 0) is 24.4 Å². The van der Waals surface area contributed by atoms with Gasteiger partial charge in [0.25, 0.3) is 0 Å². The summed E-state index contributed by atoms with van der Waals surface area (Å²) in [6.07, 6.45) is -4.35. The molecule has 7 nitrogen and oxygen atoms in total. The van der Waals surface area contributed by atoms with Gasteiger partial charge in [-0.3, -0.25) is 9.67 Å². The molecule has 0 spiro atoms. The van der Waals surface area contributed by atoms with Gasteiger partial charge in [-0.2, -0.15) is 18.3 Å². The van der Waals surface area contributed by atoms with Crippen molar-refractivity contribution in [3.8, 4) is 5.75 Å². The van der Waals surface area contributed by atoms with E-state index in [1.807, 2.05) is 18.5 Å². The summed E-state index contributed by atoms with van der Waals surface area (Å²) in [6, 6.07) is 6.44. The molecular weight excluding hydrogens is 526 g/mol. The lowest BCUT2D eigenvalue weighted by Gasteiger charge is -2.13. The first-order valence-electron chi connectivity index (χ1n) is 9.48. The first-order chi connectivity index (χ1) is 14.2. The predicted molar refractivity (Wildman–Crippen MR) is 124 cm³/mol. The molecule has 0 aliphatic heterocycles. The number of nitrogens with zero attached hydrogens (tertiary/aromatic N) is 3. The summed E-state index contributed by atoms with van der Waals surface area (Å²) in [7, 11) is 3.33. The largest absolute Gasteiger partial charge is 0.484 e. The number of aryl methyl sites for hydroxylation is 1. The van der Waals surface area contributed by atoms with Crippen molar-refractivity contribution in [3.63, 3.8) is 0 Å². The molecule has 0 fully saturated rings. The average molecular weight is 555 g/mol. The van der Waals surface area contributed by atoms with E-state index < -0.39 is 12.8 Å². The highest BCUT2D eigenvalue weighted by Gasteiger charge is 2.28. The van der Waals surface area contributed by atoms with Gasteiger partial charge in [-0.1, -0.05) is 12.1 Å². The molecule has 11 heteroatoms. The molecule has 31 heavy (non-hydrogen) atoms. The maximum atomic E-state index is 12.2. The lowest BCUT2D eigenvalue weighted by atomic mass is 10.2. The summed E-state index contributed by atoms with van der Waals surface area (Å²) in [6.45, 7) is 5.00. The molecule has 0 radical (unpaired) electrons. The van der Waals surface area contributed by atoms with Crippen LogP contribution in [0.1, 0.15) is 22.5 Å². The number of rotatable bonds is 9. The molecule has 2 rings (SSSR count). The van der Waals surface area contributed by atoms with Crippen molar-refractivity contribution in [3.05, 3.63) is 46.8 Å². The first kappa shape index (κ1) is 27.0. The van der Waals surface area contributed by atoms with E-state index in [1.165, 1.54) is 12.1 Å². The number of alkyl halides is 3. The zero-order valence-electron chi connectivity index (χ0n) is 18.0. The van der Waals surface area contributed by atoms with Gasteiger partial charge in [0.05, 0.1) is 18.8 Å². The van der Waals surface area contributed by atoms with Crippen LogP contribution in [0.5, 0.6) is 5.75 Å². The second-order valence-corrected chi connectivity index (χ2v) is 6.69. The summed E-state index contributed by atoms with van der Waals surface area (Å²) in [4.78, 5) is 4.21. The summed E-state index contributed by atoms with van der Waals surface area (Å²) in [5.74, 6) is 0.783. The summed E-state index contributed by atoms with van der Waals surface area (Å²) in [5.41, 5.74) is 4.00. The normalized spacial score (nSPS) is 11.8. The van der Waals surface area contributed by atoms with Gasteiger partial charge < -0.3 is 20.1 Å². The van der Waals surface area contributed by atoms with Gasteiger partial charge in [0.1, 0.15) is 5.75 Å². The topological polar surface area (TPSA) is 72.7 Å². The molecule has 0 bridgehead atoms. The van der Waals surface area contributed by atoms with Crippen molar-refractivity contribution >= 4 is 29.9 Å². The Hall–Kier alpha value is -2.02. The van der Waals surface area contributed by atoms with Gasteiger partial charge in [0.15, 0.2) is 12.6 Å². The zero-order chi connectivity index (χ0) is 22.1. The van der Waals surface area contributed by atoms with Gasteiger partial charge >= 0.3 is 6.18 Å². The van der Waals surface area contributed by atoms with Crippen LogP contribution in [-0.4, -0.2) is 49.3 Å². The minimum atomic E-state index is -4.35. The Morgan fingerprint density at radius 3 is 2.35 bits per heavy atom. The molecule has 0 aliphatic rings. The van der Waals surface area contributed by atoms with Gasteiger partial charge in [-0.15, -0.1) is 24.0 Å². The number of hydrogen-bond donors (Lipinski definition) is 2. The molecule has 0 aliphatic carbocycles. The summed E-state index contributed by atoms with van der Waals surface area (Å²) < 4.78 is 48.4. The van der Waals surface area contributed by atoms with Crippen molar-refractivity contribution < 1.29 is 22.6 Å². The fraction of sp³-hybridized carbons (Fsp3) is 0.500. The second-order valence-electron chi connectivity index (χ2n) is 6.69. The number of methoxy groups -OCH3 is 1. The van der Waals surface area contributed by atoms with Crippen LogP contribution in [0.3, 0.4) is 0 Å². The molecule has 174 valence electrons. The number of aromatic nitrogens is 2. The van der Waals surface area contributed by atoms with Gasteiger partial charge in [0, 0.05) is 38.5 Å². The third-order valence-electron chi connectivity index (χ3n) is 4.48. The predicted octanol–water partition coefficient (Wildman–Crippen LogP) is 3.57. The fourth-order valence-electron chi connectivity index (χ4n) is 2.83. The lowest BCUT2D eigenvalue weighted by Crippen LogP contribution is -2.36. The number of hydrogen-bond acceptors (Lipinski definition) is 4. The molecule has 2 N–H and O–H groups in total. The molecule has 2 aromatic rings. The molecule has 0 saturated carbocycles. The minimum absolute atomic E-state index is 0. The van der Waals surface area contributed by atoms with E-state index in [4.69, 9.17) is 9.47 Å². The number of halogens is 4. The Morgan fingerprint density at radius 1 is 1.13 bits per heavy atom. The Labute approximate surface area is 197 Å². The Bertz CT molecular complexity index is 839. The zero-order valence-corrected chi connectivity index (χ0v) is 20.4. The highest BCUT2D eigenvalue weighted by molar-refractivity contribution is 14.0. The van der Waals surface area contributed by atoms with Crippen molar-refractivity contribution in [2.75, 3.05) is 27.4 Å². The number of nitrogens with one attached hydrogen (secondary N) is 2. The van der Waals surface area contributed by atoms with Gasteiger partial charge in [-0.05, 0) is 31.5 Å². The highest BCUT2D eigenvalue weighted by atomic mass is 127. The third kappa shape index (κ3) is 8.93. The second kappa shape index (κ2) is 12.7. The summed E-state index contributed by atoms with van der Waals surface area (Å²) >= 11 is 0. The van der Waals surface area contributed by atoms with E-state index in [2.05, 4.69) is 20.7 Å².